The molecule has 12 heavy (non-hydrogen) atoms. The molecule has 0 aromatic heterocycles. The maximum atomic E-state index is 11.3. The molecule has 0 aromatic carbocycles. The summed E-state index contributed by atoms with van der Waals surface area (Å²) in [5.41, 5.74) is 0.536. The second-order valence-corrected chi connectivity index (χ2v) is 4.92. The monoisotopic (exact) mass is 164 g/mol. The maximum Gasteiger partial charge on any atom is 0.134 e. The van der Waals surface area contributed by atoms with Gasteiger partial charge in [0.25, 0.3) is 0 Å². The van der Waals surface area contributed by atoms with Crippen LogP contribution in [-0.4, -0.2) is 5.78 Å². The van der Waals surface area contributed by atoms with Crippen molar-refractivity contribution in [2.75, 3.05) is 0 Å². The molecule has 2 saturated carbocycles. The third-order valence-corrected chi connectivity index (χ3v) is 4.30. The molecule has 0 saturated heterocycles. The van der Waals surface area contributed by atoms with E-state index in [1.807, 2.05) is 6.08 Å². The highest BCUT2D eigenvalue weighted by atomic mass is 16.1. The van der Waals surface area contributed by atoms with E-state index in [1.54, 1.807) is 0 Å². The first-order valence-electron chi connectivity index (χ1n) is 4.66. The molecule has 0 bridgehead atoms. The van der Waals surface area contributed by atoms with Gasteiger partial charge in [0, 0.05) is 12.8 Å². The summed E-state index contributed by atoms with van der Waals surface area (Å²) in [6.45, 7) is 8.32. The van der Waals surface area contributed by atoms with E-state index in [0.29, 0.717) is 17.1 Å². The Kier molecular flexibility index (Phi) is 1.35. The Balaban J connectivity index is 2.31. The van der Waals surface area contributed by atoms with Crippen molar-refractivity contribution in [3.63, 3.8) is 0 Å². The summed E-state index contributed by atoms with van der Waals surface area (Å²) in [6.07, 6.45) is 4.77. The Bertz CT molecular complexity index is 256. The third kappa shape index (κ3) is 0.675. The highest BCUT2D eigenvalue weighted by molar-refractivity contribution is 5.83. The zero-order valence-corrected chi connectivity index (χ0v) is 7.89. The van der Waals surface area contributed by atoms with Gasteiger partial charge in [0.1, 0.15) is 5.78 Å². The Morgan fingerprint density at radius 2 is 2.17 bits per heavy atom. The third-order valence-electron chi connectivity index (χ3n) is 4.30. The van der Waals surface area contributed by atoms with Gasteiger partial charge in [0.15, 0.2) is 0 Å². The van der Waals surface area contributed by atoms with E-state index in [2.05, 4.69) is 20.4 Å². The van der Waals surface area contributed by atoms with E-state index in [-0.39, 0.29) is 5.41 Å². The van der Waals surface area contributed by atoms with Crippen LogP contribution in [0, 0.1) is 16.7 Å². The van der Waals surface area contributed by atoms with Crippen LogP contribution in [-0.2, 0) is 4.79 Å². The molecule has 0 N–H and O–H groups in total. The molecule has 3 atom stereocenters. The second kappa shape index (κ2) is 2.01. The van der Waals surface area contributed by atoms with Crippen LogP contribution < -0.4 is 0 Å². The fourth-order valence-electron chi connectivity index (χ4n) is 3.13. The minimum Gasteiger partial charge on any atom is -0.300 e. The summed E-state index contributed by atoms with van der Waals surface area (Å²) in [6, 6.07) is 0. The average Bonchev–Trinajstić information content (AvgIpc) is 2.13. The lowest BCUT2D eigenvalue weighted by Gasteiger charge is -2.57. The molecule has 0 aliphatic heterocycles. The summed E-state index contributed by atoms with van der Waals surface area (Å²) in [7, 11) is 0. The molecule has 66 valence electrons. The lowest BCUT2D eigenvalue weighted by atomic mass is 9.47. The van der Waals surface area contributed by atoms with Gasteiger partial charge in [0.2, 0.25) is 0 Å². The van der Waals surface area contributed by atoms with Gasteiger partial charge in [-0.3, -0.25) is 4.79 Å². The van der Waals surface area contributed by atoms with E-state index in [9.17, 15) is 4.79 Å². The lowest BCUT2D eigenvalue weighted by Crippen LogP contribution is -2.50. The van der Waals surface area contributed by atoms with Gasteiger partial charge < -0.3 is 0 Å². The topological polar surface area (TPSA) is 17.1 Å². The van der Waals surface area contributed by atoms with Crippen molar-refractivity contribution >= 4 is 5.78 Å². The van der Waals surface area contributed by atoms with E-state index in [1.165, 1.54) is 6.42 Å². The molecule has 2 rings (SSSR count). The van der Waals surface area contributed by atoms with Crippen molar-refractivity contribution in [1.82, 2.24) is 0 Å². The molecule has 2 aliphatic carbocycles. The highest BCUT2D eigenvalue weighted by Crippen LogP contribution is 2.68. The predicted octanol–water partition coefficient (Wildman–Crippen LogP) is 2.57. The summed E-state index contributed by atoms with van der Waals surface area (Å²) < 4.78 is 0. The quantitative estimate of drug-likeness (QED) is 0.544. The molecule has 0 spiro atoms. The Hall–Kier alpha value is -0.590. The van der Waals surface area contributed by atoms with Crippen LogP contribution in [0.25, 0.3) is 0 Å². The number of Topliss-reactive ketones (excluding diaryl/α,β-unsaturated/α-hetero) is 1. The molecular weight excluding hydrogens is 148 g/mol. The number of hydrogen-bond acceptors (Lipinski definition) is 1. The molecule has 2 fully saturated rings. The molecule has 1 nitrogen and oxygen atoms in total. The smallest absolute Gasteiger partial charge is 0.134 e. The molecule has 0 unspecified atom stereocenters. The molecule has 0 radical (unpaired) electrons. The van der Waals surface area contributed by atoms with Gasteiger partial charge in [-0.2, -0.15) is 0 Å². The lowest BCUT2D eigenvalue weighted by molar-refractivity contribution is -0.118. The van der Waals surface area contributed by atoms with Crippen LogP contribution in [0.15, 0.2) is 12.7 Å². The molecule has 2 aliphatic rings. The maximum absolute atomic E-state index is 11.3. The molecule has 0 aromatic rings. The van der Waals surface area contributed by atoms with Crippen molar-refractivity contribution < 1.29 is 4.79 Å². The molecule has 0 heterocycles. The van der Waals surface area contributed by atoms with Gasteiger partial charge in [-0.15, -0.1) is 6.58 Å². The Morgan fingerprint density at radius 3 is 2.67 bits per heavy atom. The van der Waals surface area contributed by atoms with Gasteiger partial charge in [-0.1, -0.05) is 19.9 Å². The average molecular weight is 164 g/mol. The molecule has 0 amide bonds. The van der Waals surface area contributed by atoms with Crippen molar-refractivity contribution in [2.45, 2.75) is 33.1 Å². The number of allylic oxidation sites excluding steroid dienone is 1. The van der Waals surface area contributed by atoms with Crippen LogP contribution >= 0.6 is 0 Å². The largest absolute Gasteiger partial charge is 0.300 e. The Morgan fingerprint density at radius 1 is 1.50 bits per heavy atom. The number of fused-ring (bicyclic) bond motifs is 1. The van der Waals surface area contributed by atoms with E-state index < -0.39 is 0 Å². The Labute approximate surface area is 73.8 Å². The van der Waals surface area contributed by atoms with Crippen molar-refractivity contribution in [3.8, 4) is 0 Å². The normalized spacial score (nSPS) is 51.5. The van der Waals surface area contributed by atoms with Gasteiger partial charge in [-0.25, -0.2) is 0 Å². The summed E-state index contributed by atoms with van der Waals surface area (Å²) in [5, 5.41) is 0. The van der Waals surface area contributed by atoms with Crippen LogP contribution in [0.3, 0.4) is 0 Å². The number of carbonyl (C=O) groups excluding carboxylic acids is 1. The van der Waals surface area contributed by atoms with E-state index in [4.69, 9.17) is 0 Å². The van der Waals surface area contributed by atoms with Crippen molar-refractivity contribution in [3.05, 3.63) is 12.7 Å². The van der Waals surface area contributed by atoms with E-state index >= 15 is 0 Å². The first-order chi connectivity index (χ1) is 5.52. The van der Waals surface area contributed by atoms with Gasteiger partial charge in [-0.05, 0) is 23.2 Å². The van der Waals surface area contributed by atoms with E-state index in [0.717, 1.165) is 12.8 Å². The second-order valence-electron chi connectivity index (χ2n) is 4.92. The van der Waals surface area contributed by atoms with Crippen LogP contribution in [0.4, 0.5) is 0 Å². The first-order valence-corrected chi connectivity index (χ1v) is 4.66. The zero-order chi connectivity index (χ0) is 8.98. The van der Waals surface area contributed by atoms with Crippen molar-refractivity contribution in [2.24, 2.45) is 16.7 Å². The van der Waals surface area contributed by atoms with Crippen LogP contribution in [0.2, 0.25) is 0 Å². The zero-order valence-electron chi connectivity index (χ0n) is 7.89. The standard InChI is InChI=1S/C11H16O/c1-4-8-5-10(2)6-9(12)7-11(8,10)3/h4,8H,1,5-7H2,2-3H3/t8-,10+,11+/m0/s1. The first kappa shape index (κ1) is 8.03. The highest BCUT2D eigenvalue weighted by Gasteiger charge is 2.63. The summed E-state index contributed by atoms with van der Waals surface area (Å²) >= 11 is 0. The summed E-state index contributed by atoms with van der Waals surface area (Å²) in [4.78, 5) is 11.3. The fourth-order valence-corrected chi connectivity index (χ4v) is 3.13. The van der Waals surface area contributed by atoms with Crippen LogP contribution in [0.5, 0.6) is 0 Å². The van der Waals surface area contributed by atoms with Gasteiger partial charge in [0.05, 0.1) is 0 Å². The van der Waals surface area contributed by atoms with Crippen LogP contribution in [0.1, 0.15) is 33.1 Å². The molecule has 1 heteroatoms. The minimum absolute atomic E-state index is 0.242. The number of rotatable bonds is 1. The van der Waals surface area contributed by atoms with Gasteiger partial charge >= 0.3 is 0 Å². The molecular formula is C11H16O. The minimum atomic E-state index is 0.242. The summed E-state index contributed by atoms with van der Waals surface area (Å²) in [5.74, 6) is 1.03. The van der Waals surface area contributed by atoms with Crippen molar-refractivity contribution in [1.29, 1.82) is 0 Å². The predicted molar refractivity (Wildman–Crippen MR) is 48.8 cm³/mol. The SMILES string of the molecule is C=C[C@H]1C[C@]2(C)CC(=O)C[C@]12C. The fraction of sp³-hybridized carbons (Fsp3) is 0.727. The number of ketones is 1. The number of hydrogen-bond donors (Lipinski definition) is 0. The number of carbonyl (C=O) groups is 1.